The van der Waals surface area contributed by atoms with E-state index < -0.39 is 12.2 Å². The molecule has 2 aliphatic carbocycles. The predicted molar refractivity (Wildman–Crippen MR) is 155 cm³/mol. The average molecular weight is 555 g/mol. The number of aromatic hydroxyl groups is 1. The van der Waals surface area contributed by atoms with Crippen molar-refractivity contribution in [3.63, 3.8) is 0 Å². The number of esters is 1. The Hall–Kier alpha value is -2.96. The molecule has 1 saturated heterocycles. The molecule has 1 aliphatic heterocycles. The number of aliphatic imine (C=N–C) groups is 1. The number of phenols is 1. The van der Waals surface area contributed by atoms with Crippen LogP contribution in [0.4, 0.5) is 0 Å². The van der Waals surface area contributed by atoms with Crippen molar-refractivity contribution in [1.29, 1.82) is 0 Å². The highest BCUT2D eigenvalue weighted by Crippen LogP contribution is 2.46. The van der Waals surface area contributed by atoms with Gasteiger partial charge in [-0.2, -0.15) is 0 Å². The fourth-order valence-electron chi connectivity index (χ4n) is 6.48. The van der Waals surface area contributed by atoms with Gasteiger partial charge in [0.1, 0.15) is 12.2 Å². The van der Waals surface area contributed by atoms with Gasteiger partial charge in [0.15, 0.2) is 17.5 Å². The molecule has 1 aromatic carbocycles. The summed E-state index contributed by atoms with van der Waals surface area (Å²) in [5, 5.41) is 28.5. The predicted octanol–water partition coefficient (Wildman–Crippen LogP) is 2.73. The van der Waals surface area contributed by atoms with Gasteiger partial charge in [-0.15, -0.1) is 5.92 Å². The van der Waals surface area contributed by atoms with Crippen LogP contribution in [0.5, 0.6) is 11.5 Å². The van der Waals surface area contributed by atoms with Crippen LogP contribution >= 0.6 is 0 Å². The molecule has 0 radical (unpaired) electrons. The minimum Gasteiger partial charge on any atom is -0.504 e. The molecule has 0 unspecified atom stereocenters. The molecule has 9 nitrogen and oxygen atoms in total. The molecular formula is C31H46N4O5. The summed E-state index contributed by atoms with van der Waals surface area (Å²) >= 11 is 0. The topological polar surface area (TPSA) is 138 Å². The SMILES string of the molecule is CN=C(N)NC[C@]12C#CC[C@@H](Cc3ccc(O)c(OC4CCNCC4)c3)[C@@H](OC(C)=O)C[C@@H](O)[C@@H](CC[C@H]1C)C2. The van der Waals surface area contributed by atoms with Gasteiger partial charge in [0.25, 0.3) is 0 Å². The van der Waals surface area contributed by atoms with E-state index in [0.29, 0.717) is 43.4 Å². The molecule has 9 heteroatoms. The molecule has 1 heterocycles. The zero-order chi connectivity index (χ0) is 28.7. The third-order valence-electron chi connectivity index (χ3n) is 9.03. The van der Waals surface area contributed by atoms with E-state index >= 15 is 0 Å². The smallest absolute Gasteiger partial charge is 0.302 e. The van der Waals surface area contributed by atoms with Crippen molar-refractivity contribution in [2.45, 2.75) is 83.5 Å². The van der Waals surface area contributed by atoms with Gasteiger partial charge in [-0.25, -0.2) is 0 Å². The quantitative estimate of drug-likeness (QED) is 0.150. The second kappa shape index (κ2) is 13.6. The fraction of sp³-hybridized carbons (Fsp3) is 0.677. The van der Waals surface area contributed by atoms with E-state index in [1.54, 1.807) is 13.1 Å². The molecule has 2 bridgehead atoms. The molecule has 1 aromatic rings. The molecule has 40 heavy (non-hydrogen) atoms. The minimum absolute atomic E-state index is 0.0440. The Morgan fingerprint density at radius 2 is 2.05 bits per heavy atom. The van der Waals surface area contributed by atoms with Crippen LogP contribution in [0.15, 0.2) is 23.2 Å². The fourth-order valence-corrected chi connectivity index (χ4v) is 6.48. The van der Waals surface area contributed by atoms with E-state index in [1.807, 2.05) is 12.1 Å². The molecule has 3 aliphatic rings. The van der Waals surface area contributed by atoms with Gasteiger partial charge >= 0.3 is 5.97 Å². The van der Waals surface area contributed by atoms with E-state index in [2.05, 4.69) is 34.4 Å². The molecule has 2 fully saturated rings. The van der Waals surface area contributed by atoms with Crippen LogP contribution in [-0.2, 0) is 16.0 Å². The second-order valence-corrected chi connectivity index (χ2v) is 11.9. The maximum atomic E-state index is 12.1. The van der Waals surface area contributed by atoms with Gasteiger partial charge in [0, 0.05) is 39.3 Å². The lowest BCUT2D eigenvalue weighted by Gasteiger charge is -2.45. The Balaban J connectivity index is 1.62. The molecule has 0 amide bonds. The monoisotopic (exact) mass is 554 g/mol. The number of benzene rings is 1. The molecule has 0 spiro atoms. The first-order valence-electron chi connectivity index (χ1n) is 14.7. The number of nitrogens with one attached hydrogen (secondary N) is 2. The van der Waals surface area contributed by atoms with E-state index in [-0.39, 0.29) is 35.1 Å². The van der Waals surface area contributed by atoms with Crippen LogP contribution in [0.25, 0.3) is 0 Å². The number of carbonyl (C=O) groups excluding carboxylic acids is 1. The highest BCUT2D eigenvalue weighted by molar-refractivity contribution is 5.77. The van der Waals surface area contributed by atoms with Crippen LogP contribution in [0.1, 0.15) is 64.4 Å². The van der Waals surface area contributed by atoms with Gasteiger partial charge in [0.2, 0.25) is 0 Å². The lowest BCUT2D eigenvalue weighted by atomic mass is 9.61. The number of guanidine groups is 1. The van der Waals surface area contributed by atoms with Crippen molar-refractivity contribution in [3.05, 3.63) is 23.8 Å². The van der Waals surface area contributed by atoms with Crippen molar-refractivity contribution in [3.8, 4) is 23.3 Å². The number of nitrogens with zero attached hydrogens (tertiary/aromatic N) is 1. The van der Waals surface area contributed by atoms with Gasteiger partial charge in [-0.3, -0.25) is 9.79 Å². The minimum atomic E-state index is -0.616. The van der Waals surface area contributed by atoms with E-state index in [4.69, 9.17) is 15.2 Å². The molecule has 220 valence electrons. The number of nitrogens with two attached hydrogens (primary N) is 1. The second-order valence-electron chi connectivity index (χ2n) is 11.9. The number of aliphatic hydroxyl groups excluding tert-OH is 1. The number of hydrogen-bond acceptors (Lipinski definition) is 7. The largest absolute Gasteiger partial charge is 0.504 e. The van der Waals surface area contributed by atoms with Gasteiger partial charge in [-0.1, -0.05) is 18.9 Å². The maximum Gasteiger partial charge on any atom is 0.302 e. The van der Waals surface area contributed by atoms with Crippen LogP contribution in [0.3, 0.4) is 0 Å². The van der Waals surface area contributed by atoms with Gasteiger partial charge in [-0.05, 0) is 81.1 Å². The number of piperidine rings is 1. The number of ether oxygens (including phenoxy) is 2. The molecule has 4 rings (SSSR count). The van der Waals surface area contributed by atoms with E-state index in [9.17, 15) is 15.0 Å². The van der Waals surface area contributed by atoms with Crippen LogP contribution in [0, 0.1) is 35.0 Å². The summed E-state index contributed by atoms with van der Waals surface area (Å²) in [6.45, 7) is 6.00. The molecule has 1 saturated carbocycles. The molecule has 6 atom stereocenters. The average Bonchev–Trinajstić information content (AvgIpc) is 2.93. The summed E-state index contributed by atoms with van der Waals surface area (Å²) in [6.07, 6.45) is 4.79. The van der Waals surface area contributed by atoms with Gasteiger partial charge < -0.3 is 36.1 Å². The first-order chi connectivity index (χ1) is 19.2. The van der Waals surface area contributed by atoms with Crippen molar-refractivity contribution in [2.24, 2.45) is 33.9 Å². The normalized spacial score (nSPS) is 31.4. The highest BCUT2D eigenvalue weighted by atomic mass is 16.5. The summed E-state index contributed by atoms with van der Waals surface area (Å²) in [5.74, 6) is 7.92. The van der Waals surface area contributed by atoms with Crippen LogP contribution in [0.2, 0.25) is 0 Å². The van der Waals surface area contributed by atoms with Gasteiger partial charge in [0.05, 0.1) is 11.5 Å². The summed E-state index contributed by atoms with van der Waals surface area (Å²) in [5.41, 5.74) is 6.60. The van der Waals surface area contributed by atoms with Crippen molar-refractivity contribution >= 4 is 11.9 Å². The number of carbonyl (C=O) groups is 1. The summed E-state index contributed by atoms with van der Waals surface area (Å²) in [7, 11) is 1.65. The van der Waals surface area contributed by atoms with E-state index in [1.165, 1.54) is 6.92 Å². The number of fused-ring (bicyclic) bond motifs is 2. The lowest BCUT2D eigenvalue weighted by molar-refractivity contribution is -0.151. The lowest BCUT2D eigenvalue weighted by Crippen LogP contribution is -2.48. The van der Waals surface area contributed by atoms with Crippen molar-refractivity contribution < 1.29 is 24.5 Å². The Labute approximate surface area is 238 Å². The van der Waals surface area contributed by atoms with Crippen molar-refractivity contribution in [1.82, 2.24) is 10.6 Å². The maximum absolute atomic E-state index is 12.1. The number of rotatable bonds is 7. The zero-order valence-electron chi connectivity index (χ0n) is 24.1. The molecule has 6 N–H and O–H groups in total. The zero-order valence-corrected chi connectivity index (χ0v) is 24.1. The third-order valence-corrected chi connectivity index (χ3v) is 9.03. The molecule has 0 aromatic heterocycles. The Bertz CT molecular complexity index is 1110. The first-order valence-corrected chi connectivity index (χ1v) is 14.7. The standard InChI is InChI=1S/C31H46N4O5/c1-20-6-8-24-18-31(20,19-35-30(32)33-3)12-4-5-23(28(17-27(24)38)39-21(2)36)15-22-7-9-26(37)29(16-22)40-25-10-13-34-14-11-25/h7,9,16,20,23-25,27-28,34,37-38H,5-6,8,10-11,13-15,17-19H2,1-3H3,(H3,32,33,35)/t20-,23+,24+,27-,28+,31-/m1/s1. The van der Waals surface area contributed by atoms with Crippen LogP contribution < -0.4 is 21.1 Å². The Morgan fingerprint density at radius 1 is 1.27 bits per heavy atom. The summed E-state index contributed by atoms with van der Waals surface area (Å²) < 4.78 is 12.0. The molecular weight excluding hydrogens is 508 g/mol. The highest BCUT2D eigenvalue weighted by Gasteiger charge is 2.44. The third kappa shape index (κ3) is 7.61. The van der Waals surface area contributed by atoms with E-state index in [0.717, 1.165) is 50.8 Å². The number of aliphatic hydroxyl groups is 1. The Kier molecular flexibility index (Phi) is 10.2. The number of phenolic OH excluding ortho intramolecular Hbond substituents is 1. The summed E-state index contributed by atoms with van der Waals surface area (Å²) in [6, 6.07) is 5.44. The van der Waals surface area contributed by atoms with Crippen LogP contribution in [-0.4, -0.2) is 67.1 Å². The number of hydrogen-bond donors (Lipinski definition) is 5. The van der Waals surface area contributed by atoms with Crippen molar-refractivity contribution in [2.75, 3.05) is 26.7 Å². The summed E-state index contributed by atoms with van der Waals surface area (Å²) in [4.78, 5) is 16.2. The Morgan fingerprint density at radius 3 is 2.77 bits per heavy atom. The first kappa shape index (κ1) is 30.0.